The maximum Gasteiger partial charge on any atom is 0.131 e. The van der Waals surface area contributed by atoms with Crippen molar-refractivity contribution in [2.75, 3.05) is 82.8 Å². The van der Waals surface area contributed by atoms with Gasteiger partial charge in [0.2, 0.25) is 0 Å². The first-order valence-corrected chi connectivity index (χ1v) is 10.1. The number of pyridine rings is 1. The molecule has 0 amide bonds. The van der Waals surface area contributed by atoms with Gasteiger partial charge in [0.1, 0.15) is 5.82 Å². The first-order valence-electron chi connectivity index (χ1n) is 9.77. The van der Waals surface area contributed by atoms with Crippen LogP contribution in [0, 0.1) is 0 Å². The smallest absolute Gasteiger partial charge is 0.131 e. The van der Waals surface area contributed by atoms with Crippen LogP contribution in [0.3, 0.4) is 0 Å². The van der Waals surface area contributed by atoms with Crippen molar-refractivity contribution >= 4 is 51.0 Å². The van der Waals surface area contributed by atoms with E-state index in [4.69, 9.17) is 21.3 Å². The number of anilines is 2. The molecule has 0 saturated carbocycles. The number of nitrogens with one attached hydrogen (secondary N) is 1. The molecule has 3 heterocycles. The maximum atomic E-state index is 6.26. The van der Waals surface area contributed by atoms with Crippen molar-refractivity contribution in [2.45, 2.75) is 0 Å². The van der Waals surface area contributed by atoms with Crippen LogP contribution in [0.1, 0.15) is 0 Å². The molecule has 0 bridgehead atoms. The molecule has 2 saturated heterocycles. The van der Waals surface area contributed by atoms with Gasteiger partial charge in [-0.3, -0.25) is 4.90 Å². The first kappa shape index (κ1) is 21.6. The fourth-order valence-corrected chi connectivity index (χ4v) is 3.87. The average molecular weight is 471 g/mol. The van der Waals surface area contributed by atoms with E-state index in [9.17, 15) is 0 Å². The predicted molar refractivity (Wildman–Crippen MR) is 123 cm³/mol. The van der Waals surface area contributed by atoms with Crippen LogP contribution in [-0.4, -0.2) is 87.4 Å². The van der Waals surface area contributed by atoms with E-state index in [-0.39, 0.29) is 17.0 Å². The molecular weight excluding hydrogens is 442 g/mol. The van der Waals surface area contributed by atoms with E-state index in [2.05, 4.69) is 33.1 Å². The highest BCUT2D eigenvalue weighted by molar-refractivity contribution is 8.93. The Hall–Kier alpha value is -1.12. The van der Waals surface area contributed by atoms with Crippen LogP contribution in [0.4, 0.5) is 11.5 Å². The van der Waals surface area contributed by atoms with E-state index in [1.54, 1.807) is 0 Å². The minimum absolute atomic E-state index is 0. The molecule has 0 spiro atoms. The van der Waals surface area contributed by atoms with Crippen LogP contribution in [-0.2, 0) is 4.74 Å². The van der Waals surface area contributed by atoms with Crippen molar-refractivity contribution in [3.63, 3.8) is 0 Å². The largest absolute Gasteiger partial charge is 0.383 e. The van der Waals surface area contributed by atoms with Gasteiger partial charge in [0.05, 0.1) is 18.7 Å². The van der Waals surface area contributed by atoms with Gasteiger partial charge in [-0.1, -0.05) is 11.6 Å². The lowest BCUT2D eigenvalue weighted by molar-refractivity contribution is 0.0398. The van der Waals surface area contributed by atoms with Crippen molar-refractivity contribution < 1.29 is 4.74 Å². The van der Waals surface area contributed by atoms with Gasteiger partial charge < -0.3 is 19.9 Å². The van der Waals surface area contributed by atoms with Crippen LogP contribution < -0.4 is 10.2 Å². The molecule has 2 aliphatic rings. The van der Waals surface area contributed by atoms with Crippen LogP contribution >= 0.6 is 28.6 Å². The number of hydrogen-bond donors (Lipinski definition) is 1. The number of piperazine rings is 1. The number of morpholine rings is 1. The molecule has 0 unspecified atom stereocenters. The highest BCUT2D eigenvalue weighted by Crippen LogP contribution is 2.29. The van der Waals surface area contributed by atoms with Gasteiger partial charge in [-0.05, 0) is 25.2 Å². The minimum atomic E-state index is 0. The Morgan fingerprint density at radius 3 is 2.57 bits per heavy atom. The molecule has 1 N–H and O–H groups in total. The second-order valence-corrected chi connectivity index (χ2v) is 7.80. The molecule has 1 aromatic heterocycles. The molecule has 1 aromatic carbocycles. The SMILES string of the molecule is Br.CN1CCN(c2cc(NCCN3CCOCC3)c3cc(Cl)ccc3n2)CC1. The highest BCUT2D eigenvalue weighted by atomic mass is 79.9. The molecule has 8 heteroatoms. The molecule has 2 fully saturated rings. The van der Waals surface area contributed by atoms with E-state index in [0.717, 1.165) is 93.0 Å². The Kier molecular flexibility index (Phi) is 7.77. The zero-order chi connectivity index (χ0) is 18.6. The molecule has 154 valence electrons. The second-order valence-electron chi connectivity index (χ2n) is 7.36. The first-order chi connectivity index (χ1) is 13.2. The van der Waals surface area contributed by atoms with Gasteiger partial charge in [-0.15, -0.1) is 17.0 Å². The summed E-state index contributed by atoms with van der Waals surface area (Å²) in [6.45, 7) is 9.76. The van der Waals surface area contributed by atoms with Gasteiger partial charge >= 0.3 is 0 Å². The predicted octanol–water partition coefficient (Wildman–Crippen LogP) is 2.96. The van der Waals surface area contributed by atoms with Crippen LogP contribution in [0.15, 0.2) is 24.3 Å². The maximum absolute atomic E-state index is 6.26. The standard InChI is InChI=1S/C20H28ClN5O.BrH/c1-24-6-8-26(9-7-24)20-15-19(17-14-16(21)2-3-18(17)23-20)22-4-5-25-10-12-27-13-11-25;/h2-3,14-15H,4-13H2,1H3,(H,22,23);1H. The van der Waals surface area contributed by atoms with Gasteiger partial charge in [0.25, 0.3) is 0 Å². The van der Waals surface area contributed by atoms with Gasteiger partial charge in [-0.25, -0.2) is 4.98 Å². The van der Waals surface area contributed by atoms with Crippen LogP contribution in [0.5, 0.6) is 0 Å². The van der Waals surface area contributed by atoms with E-state index in [1.807, 2.05) is 18.2 Å². The summed E-state index contributed by atoms with van der Waals surface area (Å²) in [5.41, 5.74) is 2.11. The Bertz CT molecular complexity index is 779. The third kappa shape index (κ3) is 5.27. The summed E-state index contributed by atoms with van der Waals surface area (Å²) in [7, 11) is 2.17. The molecule has 0 atom stereocenters. The highest BCUT2D eigenvalue weighted by Gasteiger charge is 2.17. The second kappa shape index (κ2) is 10.1. The number of aromatic nitrogens is 1. The number of halogens is 2. The van der Waals surface area contributed by atoms with Crippen molar-refractivity contribution in [1.29, 1.82) is 0 Å². The summed E-state index contributed by atoms with van der Waals surface area (Å²) in [6.07, 6.45) is 0. The number of hydrogen-bond acceptors (Lipinski definition) is 6. The van der Waals surface area contributed by atoms with Crippen LogP contribution in [0.2, 0.25) is 5.02 Å². The zero-order valence-electron chi connectivity index (χ0n) is 16.4. The zero-order valence-corrected chi connectivity index (χ0v) is 18.8. The summed E-state index contributed by atoms with van der Waals surface area (Å²) >= 11 is 6.26. The van der Waals surface area contributed by atoms with Crippen LogP contribution in [0.25, 0.3) is 10.9 Å². The van der Waals surface area contributed by atoms with E-state index < -0.39 is 0 Å². The summed E-state index contributed by atoms with van der Waals surface area (Å²) in [5.74, 6) is 1.05. The number of rotatable bonds is 5. The van der Waals surface area contributed by atoms with E-state index in [0.29, 0.717) is 0 Å². The monoisotopic (exact) mass is 469 g/mol. The number of benzene rings is 1. The molecule has 28 heavy (non-hydrogen) atoms. The number of nitrogens with zero attached hydrogens (tertiary/aromatic N) is 4. The molecule has 0 radical (unpaired) electrons. The lowest BCUT2D eigenvalue weighted by Crippen LogP contribution is -2.44. The fraction of sp³-hybridized carbons (Fsp3) is 0.550. The molecule has 4 rings (SSSR count). The van der Waals surface area contributed by atoms with Crippen molar-refractivity contribution in [2.24, 2.45) is 0 Å². The summed E-state index contributed by atoms with van der Waals surface area (Å²) < 4.78 is 5.43. The number of fused-ring (bicyclic) bond motifs is 1. The normalized spacial score (nSPS) is 18.9. The molecule has 0 aliphatic carbocycles. The Morgan fingerprint density at radius 1 is 1.07 bits per heavy atom. The van der Waals surface area contributed by atoms with Crippen molar-refractivity contribution in [3.8, 4) is 0 Å². The van der Waals surface area contributed by atoms with Crippen molar-refractivity contribution in [3.05, 3.63) is 29.3 Å². The third-order valence-corrected chi connectivity index (χ3v) is 5.67. The van der Waals surface area contributed by atoms with E-state index >= 15 is 0 Å². The van der Waals surface area contributed by atoms with Gasteiger partial charge in [0, 0.05) is 74.5 Å². The third-order valence-electron chi connectivity index (χ3n) is 5.43. The number of likely N-dealkylation sites (N-methyl/N-ethyl adjacent to an activating group) is 1. The van der Waals surface area contributed by atoms with Gasteiger partial charge in [-0.2, -0.15) is 0 Å². The van der Waals surface area contributed by atoms with E-state index in [1.165, 1.54) is 0 Å². The van der Waals surface area contributed by atoms with Gasteiger partial charge in [0.15, 0.2) is 0 Å². The lowest BCUT2D eigenvalue weighted by atomic mass is 10.1. The number of ether oxygens (including phenoxy) is 1. The molecular formula is C20H29BrClN5O. The lowest BCUT2D eigenvalue weighted by Gasteiger charge is -2.33. The summed E-state index contributed by atoms with van der Waals surface area (Å²) in [6, 6.07) is 8.13. The minimum Gasteiger partial charge on any atom is -0.383 e. The quantitative estimate of drug-likeness (QED) is 0.725. The Morgan fingerprint density at radius 2 is 1.82 bits per heavy atom. The topological polar surface area (TPSA) is 43.9 Å². The molecule has 2 aromatic rings. The Labute approximate surface area is 182 Å². The molecule has 2 aliphatic heterocycles. The average Bonchev–Trinajstić information content (AvgIpc) is 2.69. The van der Waals surface area contributed by atoms with Crippen molar-refractivity contribution in [1.82, 2.24) is 14.8 Å². The Balaban J connectivity index is 0.00000225. The summed E-state index contributed by atoms with van der Waals surface area (Å²) in [5, 5.41) is 5.46. The fourth-order valence-electron chi connectivity index (χ4n) is 3.70. The summed E-state index contributed by atoms with van der Waals surface area (Å²) in [4.78, 5) is 12.1. The molecule has 6 nitrogen and oxygen atoms in total.